The number of amides is 1. The van der Waals surface area contributed by atoms with Gasteiger partial charge >= 0.3 is 5.97 Å². The van der Waals surface area contributed by atoms with Gasteiger partial charge in [0, 0.05) is 6.20 Å². The van der Waals surface area contributed by atoms with Crippen LogP contribution in [-0.4, -0.2) is 22.0 Å². The molecule has 1 heterocycles. The Morgan fingerprint density at radius 3 is 2.46 bits per heavy atom. The van der Waals surface area contributed by atoms with E-state index in [-0.39, 0.29) is 18.1 Å². The minimum atomic E-state index is -0.977. The number of nitrogens with one attached hydrogen (secondary N) is 1. The maximum atomic E-state index is 12.5. The standard InChI is InChI=1S/C20H16N2O4/c23-19(22-16-4-3-11-21-12-16)17-5-1-2-6-18(17)26-13-14-7-9-15(10-8-14)20(24)25/h1-12H,13H2,(H,22,23)(H,24,25). The van der Waals surface area contributed by atoms with E-state index in [1.165, 1.54) is 12.1 Å². The van der Waals surface area contributed by atoms with E-state index in [9.17, 15) is 9.59 Å². The molecule has 1 aromatic heterocycles. The molecule has 3 aromatic rings. The van der Waals surface area contributed by atoms with Gasteiger partial charge in [0.2, 0.25) is 0 Å². The molecule has 6 nitrogen and oxygen atoms in total. The lowest BCUT2D eigenvalue weighted by Gasteiger charge is -2.12. The molecule has 3 rings (SSSR count). The van der Waals surface area contributed by atoms with E-state index in [1.54, 1.807) is 60.9 Å². The maximum absolute atomic E-state index is 12.5. The zero-order valence-electron chi connectivity index (χ0n) is 13.8. The monoisotopic (exact) mass is 348 g/mol. The van der Waals surface area contributed by atoms with Gasteiger partial charge in [0.25, 0.3) is 5.91 Å². The average Bonchev–Trinajstić information content (AvgIpc) is 2.67. The molecular weight excluding hydrogens is 332 g/mol. The SMILES string of the molecule is O=C(O)c1ccc(COc2ccccc2C(=O)Nc2cccnc2)cc1. The van der Waals surface area contributed by atoms with Gasteiger partial charge in [-0.1, -0.05) is 24.3 Å². The number of carbonyl (C=O) groups excluding carboxylic acids is 1. The van der Waals surface area contributed by atoms with Crippen molar-refractivity contribution in [2.75, 3.05) is 5.32 Å². The quantitative estimate of drug-likeness (QED) is 0.710. The van der Waals surface area contributed by atoms with Crippen LogP contribution in [0.2, 0.25) is 0 Å². The van der Waals surface area contributed by atoms with Crippen LogP contribution >= 0.6 is 0 Å². The Balaban J connectivity index is 1.70. The van der Waals surface area contributed by atoms with E-state index in [0.29, 0.717) is 17.0 Å². The first-order chi connectivity index (χ1) is 12.6. The maximum Gasteiger partial charge on any atom is 0.335 e. The highest BCUT2D eigenvalue weighted by Crippen LogP contribution is 2.21. The zero-order chi connectivity index (χ0) is 18.4. The van der Waals surface area contributed by atoms with Gasteiger partial charge in [-0.15, -0.1) is 0 Å². The molecule has 0 radical (unpaired) electrons. The largest absolute Gasteiger partial charge is 0.488 e. The number of benzene rings is 2. The second-order valence-corrected chi connectivity index (χ2v) is 5.48. The van der Waals surface area contributed by atoms with E-state index in [2.05, 4.69) is 10.3 Å². The van der Waals surface area contributed by atoms with Crippen molar-refractivity contribution in [3.63, 3.8) is 0 Å². The fraction of sp³-hybridized carbons (Fsp3) is 0.0500. The van der Waals surface area contributed by atoms with Crippen molar-refractivity contribution in [2.45, 2.75) is 6.61 Å². The van der Waals surface area contributed by atoms with Gasteiger partial charge in [-0.25, -0.2) is 4.79 Å². The van der Waals surface area contributed by atoms with Crippen LogP contribution in [0, 0.1) is 0 Å². The summed E-state index contributed by atoms with van der Waals surface area (Å²) in [6, 6.07) is 16.8. The minimum Gasteiger partial charge on any atom is -0.488 e. The van der Waals surface area contributed by atoms with Crippen LogP contribution in [0.3, 0.4) is 0 Å². The Kier molecular flexibility index (Phi) is 5.24. The van der Waals surface area contributed by atoms with Crippen molar-refractivity contribution < 1.29 is 19.4 Å². The van der Waals surface area contributed by atoms with Gasteiger partial charge < -0.3 is 15.2 Å². The molecule has 0 fully saturated rings. The molecule has 0 aliphatic carbocycles. The smallest absolute Gasteiger partial charge is 0.335 e. The van der Waals surface area contributed by atoms with Gasteiger partial charge in [-0.05, 0) is 42.0 Å². The number of aromatic carboxylic acids is 1. The first kappa shape index (κ1) is 17.2. The van der Waals surface area contributed by atoms with Crippen LogP contribution in [-0.2, 0) is 6.61 Å². The first-order valence-electron chi connectivity index (χ1n) is 7.89. The molecule has 2 N–H and O–H groups in total. The Morgan fingerprint density at radius 2 is 1.77 bits per heavy atom. The molecule has 0 saturated heterocycles. The van der Waals surface area contributed by atoms with Crippen LogP contribution in [0.5, 0.6) is 5.75 Å². The average molecular weight is 348 g/mol. The number of hydrogen-bond donors (Lipinski definition) is 2. The van der Waals surface area contributed by atoms with Crippen LogP contribution in [0.15, 0.2) is 73.1 Å². The lowest BCUT2D eigenvalue weighted by Crippen LogP contribution is -2.13. The third kappa shape index (κ3) is 4.24. The summed E-state index contributed by atoms with van der Waals surface area (Å²) in [7, 11) is 0. The molecule has 1 amide bonds. The van der Waals surface area contributed by atoms with Crippen LogP contribution in [0.25, 0.3) is 0 Å². The summed E-state index contributed by atoms with van der Waals surface area (Å²) >= 11 is 0. The molecule has 26 heavy (non-hydrogen) atoms. The van der Waals surface area contributed by atoms with E-state index < -0.39 is 5.97 Å². The Bertz CT molecular complexity index is 909. The van der Waals surface area contributed by atoms with Crippen molar-refractivity contribution >= 4 is 17.6 Å². The van der Waals surface area contributed by atoms with Gasteiger partial charge in [0.05, 0.1) is 23.0 Å². The summed E-state index contributed by atoms with van der Waals surface area (Å²) in [6.07, 6.45) is 3.19. The second kappa shape index (κ2) is 7.94. The summed E-state index contributed by atoms with van der Waals surface area (Å²) in [6.45, 7) is 0.219. The number of anilines is 1. The summed E-state index contributed by atoms with van der Waals surface area (Å²) in [4.78, 5) is 27.3. The van der Waals surface area contributed by atoms with E-state index in [0.717, 1.165) is 5.56 Å². The fourth-order valence-electron chi connectivity index (χ4n) is 2.32. The van der Waals surface area contributed by atoms with Gasteiger partial charge in [-0.2, -0.15) is 0 Å². The zero-order valence-corrected chi connectivity index (χ0v) is 13.8. The molecule has 0 bridgehead atoms. The molecule has 6 heteroatoms. The number of carboxylic acids is 1. The van der Waals surface area contributed by atoms with E-state index in [4.69, 9.17) is 9.84 Å². The number of nitrogens with zero attached hydrogens (tertiary/aromatic N) is 1. The summed E-state index contributed by atoms with van der Waals surface area (Å²) in [5.74, 6) is -0.832. The molecular formula is C20H16N2O4. The third-order valence-corrected chi connectivity index (χ3v) is 3.65. The predicted octanol–water partition coefficient (Wildman–Crippen LogP) is 3.61. The summed E-state index contributed by atoms with van der Waals surface area (Å²) in [5.41, 5.74) is 2.01. The van der Waals surface area contributed by atoms with Crippen molar-refractivity contribution in [3.05, 3.63) is 89.7 Å². The van der Waals surface area contributed by atoms with E-state index >= 15 is 0 Å². The summed E-state index contributed by atoms with van der Waals surface area (Å²) < 4.78 is 5.76. The normalized spacial score (nSPS) is 10.2. The molecule has 0 unspecified atom stereocenters. The Morgan fingerprint density at radius 1 is 1.00 bits per heavy atom. The number of rotatable bonds is 6. The Hall–Kier alpha value is -3.67. The van der Waals surface area contributed by atoms with Crippen LogP contribution in [0.1, 0.15) is 26.3 Å². The molecule has 0 spiro atoms. The topological polar surface area (TPSA) is 88.5 Å². The molecule has 0 saturated carbocycles. The fourth-order valence-corrected chi connectivity index (χ4v) is 2.32. The molecule has 0 atom stereocenters. The molecule has 2 aromatic carbocycles. The number of ether oxygens (including phenoxy) is 1. The predicted molar refractivity (Wildman–Crippen MR) is 96.4 cm³/mol. The second-order valence-electron chi connectivity index (χ2n) is 5.48. The van der Waals surface area contributed by atoms with Crippen molar-refractivity contribution in [3.8, 4) is 5.75 Å². The van der Waals surface area contributed by atoms with Gasteiger partial charge in [0.15, 0.2) is 0 Å². The van der Waals surface area contributed by atoms with Crippen LogP contribution < -0.4 is 10.1 Å². The highest BCUT2D eigenvalue weighted by molar-refractivity contribution is 6.06. The lowest BCUT2D eigenvalue weighted by molar-refractivity contribution is 0.0696. The molecule has 0 aliphatic rings. The molecule has 0 aliphatic heterocycles. The number of pyridine rings is 1. The Labute approximate surface area is 150 Å². The van der Waals surface area contributed by atoms with Crippen molar-refractivity contribution in [2.24, 2.45) is 0 Å². The van der Waals surface area contributed by atoms with E-state index in [1.807, 2.05) is 0 Å². The first-order valence-corrected chi connectivity index (χ1v) is 7.89. The number of carbonyl (C=O) groups is 2. The van der Waals surface area contributed by atoms with Gasteiger partial charge in [-0.3, -0.25) is 9.78 Å². The molecule has 130 valence electrons. The van der Waals surface area contributed by atoms with Crippen molar-refractivity contribution in [1.29, 1.82) is 0 Å². The van der Waals surface area contributed by atoms with Gasteiger partial charge in [0.1, 0.15) is 12.4 Å². The number of hydrogen-bond acceptors (Lipinski definition) is 4. The number of carboxylic acid groups (broad SMARTS) is 1. The van der Waals surface area contributed by atoms with Crippen LogP contribution in [0.4, 0.5) is 5.69 Å². The lowest BCUT2D eigenvalue weighted by atomic mass is 10.1. The summed E-state index contributed by atoms with van der Waals surface area (Å²) in [5, 5.41) is 11.7. The third-order valence-electron chi connectivity index (χ3n) is 3.65. The highest BCUT2D eigenvalue weighted by atomic mass is 16.5. The number of para-hydroxylation sites is 1. The number of aromatic nitrogens is 1. The minimum absolute atomic E-state index is 0.213. The highest BCUT2D eigenvalue weighted by Gasteiger charge is 2.12. The van der Waals surface area contributed by atoms with Crippen molar-refractivity contribution in [1.82, 2.24) is 4.98 Å².